The molecule has 0 saturated carbocycles. The molecule has 0 aromatic heterocycles. The second-order valence-electron chi connectivity index (χ2n) is 6.04. The number of piperazine rings is 1. The van der Waals surface area contributed by atoms with Crippen LogP contribution in [0.4, 0.5) is 0 Å². The second kappa shape index (κ2) is 6.37. The Labute approximate surface area is 115 Å². The van der Waals surface area contributed by atoms with Crippen molar-refractivity contribution in [2.24, 2.45) is 5.41 Å². The van der Waals surface area contributed by atoms with Crippen LogP contribution in [0.2, 0.25) is 0 Å². The van der Waals surface area contributed by atoms with Gasteiger partial charge >= 0.3 is 5.97 Å². The van der Waals surface area contributed by atoms with E-state index in [1.54, 1.807) is 18.7 Å². The summed E-state index contributed by atoms with van der Waals surface area (Å²) < 4.78 is 0. The third-order valence-corrected chi connectivity index (χ3v) is 4.05. The molecule has 0 spiro atoms. The van der Waals surface area contributed by atoms with Crippen molar-refractivity contribution >= 4 is 11.9 Å². The summed E-state index contributed by atoms with van der Waals surface area (Å²) in [6.45, 7) is 10.7. The SMILES string of the molecule is CCC(C)N1CCN(C(=O)CC(C)(C)C(=O)O)CC1. The quantitative estimate of drug-likeness (QED) is 0.821. The number of carbonyl (C=O) groups excluding carboxylic acids is 1. The van der Waals surface area contributed by atoms with Crippen LogP contribution in [0.5, 0.6) is 0 Å². The maximum atomic E-state index is 12.1. The van der Waals surface area contributed by atoms with Crippen LogP contribution in [0.25, 0.3) is 0 Å². The number of carboxylic acids is 1. The van der Waals surface area contributed by atoms with Crippen molar-refractivity contribution in [2.75, 3.05) is 26.2 Å². The molecule has 1 rings (SSSR count). The van der Waals surface area contributed by atoms with Gasteiger partial charge in [-0.05, 0) is 27.2 Å². The maximum Gasteiger partial charge on any atom is 0.309 e. The Morgan fingerprint density at radius 2 is 1.74 bits per heavy atom. The summed E-state index contributed by atoms with van der Waals surface area (Å²) in [5.74, 6) is -0.963. The highest BCUT2D eigenvalue weighted by Gasteiger charge is 2.33. The Bertz CT molecular complexity index is 334. The first kappa shape index (κ1) is 16.0. The topological polar surface area (TPSA) is 60.9 Å². The lowest BCUT2D eigenvalue weighted by atomic mass is 9.89. The number of nitrogens with zero attached hydrogens (tertiary/aromatic N) is 2. The Morgan fingerprint density at radius 3 is 2.16 bits per heavy atom. The number of aliphatic carboxylic acids is 1. The predicted molar refractivity (Wildman–Crippen MR) is 73.9 cm³/mol. The largest absolute Gasteiger partial charge is 0.481 e. The maximum absolute atomic E-state index is 12.1. The monoisotopic (exact) mass is 270 g/mol. The van der Waals surface area contributed by atoms with Crippen LogP contribution >= 0.6 is 0 Å². The van der Waals surface area contributed by atoms with Gasteiger partial charge in [-0.25, -0.2) is 0 Å². The normalized spacial score (nSPS) is 19.3. The molecule has 0 aliphatic carbocycles. The van der Waals surface area contributed by atoms with Crippen molar-refractivity contribution in [2.45, 2.75) is 46.6 Å². The zero-order valence-corrected chi connectivity index (χ0v) is 12.5. The van der Waals surface area contributed by atoms with Gasteiger partial charge < -0.3 is 10.0 Å². The Morgan fingerprint density at radius 1 is 1.21 bits per heavy atom. The summed E-state index contributed by atoms with van der Waals surface area (Å²) in [4.78, 5) is 27.3. The summed E-state index contributed by atoms with van der Waals surface area (Å²) in [7, 11) is 0. The Kier molecular flexibility index (Phi) is 5.35. The van der Waals surface area contributed by atoms with Gasteiger partial charge in [-0.1, -0.05) is 6.92 Å². The molecule has 1 fully saturated rings. The standard InChI is InChI=1S/C14H26N2O3/c1-5-11(2)15-6-8-16(9-7-15)12(17)10-14(3,4)13(18)19/h11H,5-10H2,1-4H3,(H,18,19). The van der Waals surface area contributed by atoms with Gasteiger partial charge in [-0.3, -0.25) is 14.5 Å². The minimum atomic E-state index is -0.981. The molecule has 1 heterocycles. The Balaban J connectivity index is 2.47. The average Bonchev–Trinajstić information content (AvgIpc) is 2.37. The third kappa shape index (κ3) is 4.20. The van der Waals surface area contributed by atoms with E-state index in [2.05, 4.69) is 18.7 Å². The van der Waals surface area contributed by atoms with E-state index in [0.717, 1.165) is 19.5 Å². The molecule has 1 aliphatic heterocycles. The van der Waals surface area contributed by atoms with Crippen LogP contribution in [-0.2, 0) is 9.59 Å². The third-order valence-electron chi connectivity index (χ3n) is 4.05. The van der Waals surface area contributed by atoms with Gasteiger partial charge in [-0.15, -0.1) is 0 Å². The number of amides is 1. The van der Waals surface area contributed by atoms with Crippen LogP contribution in [0.3, 0.4) is 0 Å². The molecule has 1 saturated heterocycles. The van der Waals surface area contributed by atoms with Crippen LogP contribution in [0, 0.1) is 5.41 Å². The van der Waals surface area contributed by atoms with E-state index < -0.39 is 11.4 Å². The molecule has 1 N–H and O–H groups in total. The van der Waals surface area contributed by atoms with E-state index in [4.69, 9.17) is 5.11 Å². The lowest BCUT2D eigenvalue weighted by Gasteiger charge is -2.38. The lowest BCUT2D eigenvalue weighted by Crippen LogP contribution is -2.52. The molecular weight excluding hydrogens is 244 g/mol. The zero-order chi connectivity index (χ0) is 14.6. The van der Waals surface area contributed by atoms with Crippen molar-refractivity contribution in [1.29, 1.82) is 0 Å². The summed E-state index contributed by atoms with van der Waals surface area (Å²) in [5.41, 5.74) is -0.981. The zero-order valence-electron chi connectivity index (χ0n) is 12.5. The van der Waals surface area contributed by atoms with E-state index in [0.29, 0.717) is 19.1 Å². The fourth-order valence-corrected chi connectivity index (χ4v) is 2.24. The molecular formula is C14H26N2O3. The molecule has 5 nitrogen and oxygen atoms in total. The number of hydrogen-bond donors (Lipinski definition) is 1. The van der Waals surface area contributed by atoms with Crippen LogP contribution in [0.1, 0.15) is 40.5 Å². The molecule has 1 amide bonds. The molecule has 1 unspecified atom stereocenters. The second-order valence-corrected chi connectivity index (χ2v) is 6.04. The van der Waals surface area contributed by atoms with E-state index in [1.807, 2.05) is 0 Å². The van der Waals surface area contributed by atoms with E-state index in [9.17, 15) is 9.59 Å². The summed E-state index contributed by atoms with van der Waals surface area (Å²) in [6.07, 6.45) is 1.19. The number of carbonyl (C=O) groups is 2. The van der Waals surface area contributed by atoms with Gasteiger partial charge in [0, 0.05) is 38.6 Å². The highest BCUT2D eigenvalue weighted by molar-refractivity contribution is 5.84. The summed E-state index contributed by atoms with van der Waals surface area (Å²) >= 11 is 0. The lowest BCUT2D eigenvalue weighted by molar-refractivity contribution is -0.152. The van der Waals surface area contributed by atoms with E-state index in [-0.39, 0.29) is 12.3 Å². The van der Waals surface area contributed by atoms with Gasteiger partial charge in [0.05, 0.1) is 5.41 Å². The summed E-state index contributed by atoms with van der Waals surface area (Å²) in [5, 5.41) is 9.06. The van der Waals surface area contributed by atoms with Gasteiger partial charge in [0.1, 0.15) is 0 Å². The molecule has 0 radical (unpaired) electrons. The molecule has 1 aliphatic rings. The first-order valence-electron chi connectivity index (χ1n) is 7.03. The number of hydrogen-bond acceptors (Lipinski definition) is 3. The highest BCUT2D eigenvalue weighted by Crippen LogP contribution is 2.22. The smallest absolute Gasteiger partial charge is 0.309 e. The molecule has 0 aromatic carbocycles. The number of carboxylic acid groups (broad SMARTS) is 1. The minimum absolute atomic E-state index is 0.0452. The van der Waals surface area contributed by atoms with Gasteiger partial charge in [0.15, 0.2) is 0 Å². The van der Waals surface area contributed by atoms with E-state index >= 15 is 0 Å². The van der Waals surface area contributed by atoms with Crippen molar-refractivity contribution < 1.29 is 14.7 Å². The van der Waals surface area contributed by atoms with E-state index in [1.165, 1.54) is 0 Å². The highest BCUT2D eigenvalue weighted by atomic mass is 16.4. The summed E-state index contributed by atoms with van der Waals surface area (Å²) in [6, 6.07) is 0.549. The van der Waals surface area contributed by atoms with Gasteiger partial charge in [-0.2, -0.15) is 0 Å². The first-order chi connectivity index (χ1) is 8.77. The fraction of sp³-hybridized carbons (Fsp3) is 0.857. The Hall–Kier alpha value is -1.10. The molecule has 19 heavy (non-hydrogen) atoms. The van der Waals surface area contributed by atoms with Crippen molar-refractivity contribution in [1.82, 2.24) is 9.80 Å². The molecule has 1 atom stereocenters. The molecule has 5 heteroatoms. The van der Waals surface area contributed by atoms with Crippen molar-refractivity contribution in [3.63, 3.8) is 0 Å². The molecule has 0 bridgehead atoms. The van der Waals surface area contributed by atoms with Crippen LogP contribution in [-0.4, -0.2) is 59.0 Å². The van der Waals surface area contributed by atoms with Gasteiger partial charge in [0.25, 0.3) is 0 Å². The van der Waals surface area contributed by atoms with Crippen molar-refractivity contribution in [3.8, 4) is 0 Å². The van der Waals surface area contributed by atoms with Crippen molar-refractivity contribution in [3.05, 3.63) is 0 Å². The number of rotatable bonds is 5. The van der Waals surface area contributed by atoms with Gasteiger partial charge in [0.2, 0.25) is 5.91 Å². The average molecular weight is 270 g/mol. The molecule has 110 valence electrons. The first-order valence-corrected chi connectivity index (χ1v) is 7.03. The molecule has 0 aromatic rings. The fourth-order valence-electron chi connectivity index (χ4n) is 2.24. The minimum Gasteiger partial charge on any atom is -0.481 e. The van der Waals surface area contributed by atoms with Crippen LogP contribution in [0.15, 0.2) is 0 Å². The van der Waals surface area contributed by atoms with Crippen LogP contribution < -0.4 is 0 Å². The predicted octanol–water partition coefficient (Wildman–Crippen LogP) is 1.43.